The van der Waals surface area contributed by atoms with Gasteiger partial charge in [0.15, 0.2) is 6.54 Å². The van der Waals surface area contributed by atoms with Gasteiger partial charge in [-0.1, -0.05) is 15.9 Å². The molecular formula is C15H21BrN3O2+. The van der Waals surface area contributed by atoms with Crippen LogP contribution in [0.1, 0.15) is 18.4 Å². The second-order valence-electron chi connectivity index (χ2n) is 5.63. The molecule has 6 heteroatoms. The molecule has 2 amide bonds. The summed E-state index contributed by atoms with van der Waals surface area (Å²) in [5, 5.41) is 2.93. The van der Waals surface area contributed by atoms with E-state index in [1.807, 2.05) is 25.1 Å². The van der Waals surface area contributed by atoms with Gasteiger partial charge in [-0.2, -0.15) is 0 Å². The van der Waals surface area contributed by atoms with Crippen LogP contribution in [-0.2, 0) is 9.59 Å². The Bertz CT molecular complexity index is 548. The summed E-state index contributed by atoms with van der Waals surface area (Å²) in [6.45, 7) is 3.90. The molecule has 1 aliphatic rings. The average molecular weight is 355 g/mol. The number of likely N-dealkylation sites (tertiary alicyclic amines) is 1. The van der Waals surface area contributed by atoms with E-state index in [2.05, 4.69) is 21.2 Å². The predicted octanol–water partition coefficient (Wildman–Crippen LogP) is 0.476. The molecule has 1 aromatic rings. The van der Waals surface area contributed by atoms with Crippen molar-refractivity contribution in [3.05, 3.63) is 28.2 Å². The number of primary amides is 1. The molecule has 1 fully saturated rings. The largest absolute Gasteiger partial charge is 0.369 e. The summed E-state index contributed by atoms with van der Waals surface area (Å²) < 4.78 is 0.990. The molecule has 1 aromatic carbocycles. The summed E-state index contributed by atoms with van der Waals surface area (Å²) in [5.41, 5.74) is 7.20. The van der Waals surface area contributed by atoms with E-state index in [1.54, 1.807) is 0 Å². The van der Waals surface area contributed by atoms with Crippen molar-refractivity contribution in [2.45, 2.75) is 19.8 Å². The van der Waals surface area contributed by atoms with E-state index in [4.69, 9.17) is 5.73 Å². The number of amides is 2. The molecule has 4 N–H and O–H groups in total. The number of nitrogens with two attached hydrogens (primary N) is 1. The molecule has 0 radical (unpaired) electrons. The molecule has 0 bridgehead atoms. The second kappa shape index (κ2) is 7.04. The summed E-state index contributed by atoms with van der Waals surface area (Å²) in [4.78, 5) is 24.5. The topological polar surface area (TPSA) is 76.6 Å². The minimum absolute atomic E-state index is 0.0273. The lowest BCUT2D eigenvalue weighted by Gasteiger charge is -2.27. The number of anilines is 1. The molecule has 0 aromatic heterocycles. The van der Waals surface area contributed by atoms with E-state index in [1.165, 1.54) is 0 Å². The Hall–Kier alpha value is -1.40. The number of hydrogen-bond donors (Lipinski definition) is 3. The van der Waals surface area contributed by atoms with Crippen LogP contribution in [0.15, 0.2) is 22.7 Å². The first-order valence-electron chi connectivity index (χ1n) is 7.14. The molecule has 114 valence electrons. The number of rotatable bonds is 4. The van der Waals surface area contributed by atoms with Gasteiger partial charge in [0.2, 0.25) is 5.91 Å². The van der Waals surface area contributed by atoms with Gasteiger partial charge in [-0.3, -0.25) is 9.59 Å². The third kappa shape index (κ3) is 4.54. The van der Waals surface area contributed by atoms with Crippen molar-refractivity contribution in [1.82, 2.24) is 0 Å². The number of nitrogens with one attached hydrogen (secondary N) is 2. The fourth-order valence-corrected chi connectivity index (χ4v) is 3.22. The van der Waals surface area contributed by atoms with Crippen molar-refractivity contribution < 1.29 is 14.5 Å². The Morgan fingerprint density at radius 3 is 2.90 bits per heavy atom. The predicted molar refractivity (Wildman–Crippen MR) is 85.0 cm³/mol. The zero-order valence-electron chi connectivity index (χ0n) is 12.1. The molecule has 0 saturated carbocycles. The average Bonchev–Trinajstić information content (AvgIpc) is 2.42. The van der Waals surface area contributed by atoms with Crippen LogP contribution in [0.4, 0.5) is 5.69 Å². The Kier molecular flexibility index (Phi) is 5.36. The minimum atomic E-state index is -0.253. The molecule has 2 atom stereocenters. The summed E-state index contributed by atoms with van der Waals surface area (Å²) in [6, 6.07) is 5.75. The van der Waals surface area contributed by atoms with Gasteiger partial charge in [0.25, 0.3) is 5.91 Å². The van der Waals surface area contributed by atoms with E-state index in [-0.39, 0.29) is 17.7 Å². The van der Waals surface area contributed by atoms with Crippen LogP contribution >= 0.6 is 15.9 Å². The molecular weight excluding hydrogens is 334 g/mol. The molecule has 1 aliphatic heterocycles. The van der Waals surface area contributed by atoms with Crippen LogP contribution in [0.5, 0.6) is 0 Å². The van der Waals surface area contributed by atoms with Gasteiger partial charge in [0.05, 0.1) is 19.0 Å². The quantitative estimate of drug-likeness (QED) is 0.735. The molecule has 0 spiro atoms. The van der Waals surface area contributed by atoms with Gasteiger partial charge < -0.3 is 16.0 Å². The summed E-state index contributed by atoms with van der Waals surface area (Å²) >= 11 is 3.40. The maximum absolute atomic E-state index is 12.1. The highest BCUT2D eigenvalue weighted by atomic mass is 79.9. The van der Waals surface area contributed by atoms with Crippen LogP contribution in [-0.4, -0.2) is 31.4 Å². The SMILES string of the molecule is Cc1cc(Br)ccc1NC(=O)C[NH+]1CCC[C@@H](C(N)=O)C1. The fraction of sp³-hybridized carbons (Fsp3) is 0.467. The van der Waals surface area contributed by atoms with E-state index in [0.717, 1.165) is 40.0 Å². The first-order valence-corrected chi connectivity index (χ1v) is 7.94. The number of quaternary nitrogens is 1. The Balaban J connectivity index is 1.91. The van der Waals surface area contributed by atoms with E-state index >= 15 is 0 Å². The zero-order valence-corrected chi connectivity index (χ0v) is 13.7. The molecule has 5 nitrogen and oxygen atoms in total. The highest BCUT2D eigenvalue weighted by Gasteiger charge is 2.28. The first kappa shape index (κ1) is 16.0. The molecule has 2 rings (SSSR count). The second-order valence-corrected chi connectivity index (χ2v) is 6.55. The fourth-order valence-electron chi connectivity index (χ4n) is 2.74. The zero-order chi connectivity index (χ0) is 15.4. The van der Waals surface area contributed by atoms with Crippen molar-refractivity contribution >= 4 is 33.4 Å². The molecule has 0 aliphatic carbocycles. The highest BCUT2D eigenvalue weighted by molar-refractivity contribution is 9.10. The van der Waals surface area contributed by atoms with Crippen LogP contribution in [0.2, 0.25) is 0 Å². The van der Waals surface area contributed by atoms with E-state index in [9.17, 15) is 9.59 Å². The first-order chi connectivity index (χ1) is 9.95. The minimum Gasteiger partial charge on any atom is -0.369 e. The van der Waals surface area contributed by atoms with Crippen LogP contribution in [0, 0.1) is 12.8 Å². The van der Waals surface area contributed by atoms with Gasteiger partial charge in [-0.05, 0) is 43.5 Å². The normalized spacial score (nSPS) is 21.8. The Labute approximate surface area is 133 Å². The van der Waals surface area contributed by atoms with Gasteiger partial charge in [0, 0.05) is 10.2 Å². The van der Waals surface area contributed by atoms with Crippen molar-refractivity contribution in [3.63, 3.8) is 0 Å². The number of hydrogen-bond acceptors (Lipinski definition) is 2. The molecule has 1 saturated heterocycles. The van der Waals surface area contributed by atoms with E-state index < -0.39 is 0 Å². The third-order valence-corrected chi connectivity index (χ3v) is 4.39. The number of halogens is 1. The molecule has 1 heterocycles. The summed E-state index contributed by atoms with van der Waals surface area (Å²) in [6.07, 6.45) is 1.78. The Morgan fingerprint density at radius 1 is 1.48 bits per heavy atom. The maximum Gasteiger partial charge on any atom is 0.279 e. The van der Waals surface area contributed by atoms with E-state index in [0.29, 0.717) is 13.1 Å². The molecule has 21 heavy (non-hydrogen) atoms. The van der Waals surface area contributed by atoms with Crippen molar-refractivity contribution in [2.24, 2.45) is 11.7 Å². The lowest BCUT2D eigenvalue weighted by molar-refractivity contribution is -0.899. The Morgan fingerprint density at radius 2 is 2.24 bits per heavy atom. The van der Waals surface area contributed by atoms with Gasteiger partial charge >= 0.3 is 0 Å². The smallest absolute Gasteiger partial charge is 0.279 e. The maximum atomic E-state index is 12.1. The van der Waals surface area contributed by atoms with Crippen molar-refractivity contribution in [2.75, 3.05) is 25.0 Å². The van der Waals surface area contributed by atoms with Crippen LogP contribution < -0.4 is 16.0 Å². The lowest BCUT2D eigenvalue weighted by Crippen LogP contribution is -3.14. The lowest BCUT2D eigenvalue weighted by atomic mass is 9.97. The molecule has 1 unspecified atom stereocenters. The summed E-state index contributed by atoms with van der Waals surface area (Å²) in [7, 11) is 0. The summed E-state index contributed by atoms with van der Waals surface area (Å²) in [5.74, 6) is -0.382. The van der Waals surface area contributed by atoms with Gasteiger partial charge in [-0.15, -0.1) is 0 Å². The standard InChI is InChI=1S/C15H20BrN3O2/c1-10-7-12(16)4-5-13(10)18-14(20)9-19-6-2-3-11(8-19)15(17)21/h4-5,7,11H,2-3,6,8-9H2,1H3,(H2,17,21)(H,18,20)/p+1/t11-/m1/s1. The number of carbonyl (C=O) groups excluding carboxylic acids is 2. The number of benzene rings is 1. The van der Waals surface area contributed by atoms with Gasteiger partial charge in [-0.25, -0.2) is 0 Å². The number of piperidine rings is 1. The number of aryl methyl sites for hydroxylation is 1. The van der Waals surface area contributed by atoms with Crippen molar-refractivity contribution in [3.8, 4) is 0 Å². The van der Waals surface area contributed by atoms with Crippen LogP contribution in [0.25, 0.3) is 0 Å². The number of carbonyl (C=O) groups is 2. The van der Waals surface area contributed by atoms with Crippen LogP contribution in [0.3, 0.4) is 0 Å². The van der Waals surface area contributed by atoms with Gasteiger partial charge in [0.1, 0.15) is 0 Å². The van der Waals surface area contributed by atoms with Crippen molar-refractivity contribution in [1.29, 1.82) is 0 Å². The monoisotopic (exact) mass is 354 g/mol. The highest BCUT2D eigenvalue weighted by Crippen LogP contribution is 2.19. The third-order valence-electron chi connectivity index (χ3n) is 3.89.